The Bertz CT molecular complexity index is 630. The molecule has 20 heavy (non-hydrogen) atoms. The number of pyridine rings is 1. The summed E-state index contributed by atoms with van der Waals surface area (Å²) in [5, 5.41) is 2.32. The maximum Gasteiger partial charge on any atom is 0.221 e. The van der Waals surface area contributed by atoms with E-state index in [9.17, 15) is 4.79 Å². The third kappa shape index (κ3) is 2.53. The minimum absolute atomic E-state index is 0.284. The number of hydrogen-bond donors (Lipinski definition) is 1. The highest BCUT2D eigenvalue weighted by Crippen LogP contribution is 2.35. The van der Waals surface area contributed by atoms with E-state index in [1.54, 1.807) is 0 Å². The van der Waals surface area contributed by atoms with Gasteiger partial charge in [0, 0.05) is 17.5 Å². The van der Waals surface area contributed by atoms with Crippen molar-refractivity contribution < 1.29 is 4.79 Å². The average molecular weight is 268 g/mol. The first-order chi connectivity index (χ1) is 9.75. The number of primary amides is 1. The molecular weight excluding hydrogens is 248 g/mol. The van der Waals surface area contributed by atoms with Gasteiger partial charge in [0.2, 0.25) is 5.91 Å². The second kappa shape index (κ2) is 5.61. The largest absolute Gasteiger partial charge is 0.369 e. The number of rotatable bonds is 3. The van der Waals surface area contributed by atoms with Crippen molar-refractivity contribution in [3.8, 4) is 0 Å². The summed E-state index contributed by atoms with van der Waals surface area (Å²) < 4.78 is 0. The predicted octanol–water partition coefficient (Wildman–Crippen LogP) is 3.31. The fraction of sp³-hybridized carbons (Fsp3) is 0.412. The van der Waals surface area contributed by atoms with Crippen LogP contribution in [-0.2, 0) is 11.2 Å². The Morgan fingerprint density at radius 2 is 1.95 bits per heavy atom. The van der Waals surface area contributed by atoms with Gasteiger partial charge >= 0.3 is 0 Å². The topological polar surface area (TPSA) is 56.0 Å². The summed E-state index contributed by atoms with van der Waals surface area (Å²) in [4.78, 5) is 15.8. The summed E-state index contributed by atoms with van der Waals surface area (Å²) in [6, 6.07) is 8.11. The molecule has 3 rings (SSSR count). The summed E-state index contributed by atoms with van der Waals surface area (Å²) in [6.45, 7) is 0. The number of carbonyl (C=O) groups is 1. The van der Waals surface area contributed by atoms with Crippen LogP contribution < -0.4 is 5.73 Å². The molecule has 0 aliphatic heterocycles. The first-order valence-corrected chi connectivity index (χ1v) is 7.40. The van der Waals surface area contributed by atoms with Crippen LogP contribution in [0.5, 0.6) is 0 Å². The number of benzene rings is 1. The normalized spacial score (nSPS) is 16.4. The maximum atomic E-state index is 11.2. The summed E-state index contributed by atoms with van der Waals surface area (Å²) in [6.07, 6.45) is 8.56. The molecule has 1 aliphatic rings. The lowest BCUT2D eigenvalue weighted by Gasteiger charge is -2.22. The molecule has 0 atom stereocenters. The third-order valence-corrected chi connectivity index (χ3v) is 4.28. The smallest absolute Gasteiger partial charge is 0.221 e. The van der Waals surface area contributed by atoms with Gasteiger partial charge in [-0.15, -0.1) is 0 Å². The number of carbonyl (C=O) groups excluding carboxylic acids is 1. The second-order valence-electron chi connectivity index (χ2n) is 5.69. The average Bonchev–Trinajstić information content (AvgIpc) is 2.47. The van der Waals surface area contributed by atoms with Crippen molar-refractivity contribution in [2.45, 2.75) is 44.4 Å². The van der Waals surface area contributed by atoms with Crippen molar-refractivity contribution in [3.05, 3.63) is 41.7 Å². The Kier molecular flexibility index (Phi) is 3.68. The Hall–Kier alpha value is -1.90. The van der Waals surface area contributed by atoms with Gasteiger partial charge in [0.1, 0.15) is 0 Å². The lowest BCUT2D eigenvalue weighted by atomic mass is 9.84. The van der Waals surface area contributed by atoms with Crippen LogP contribution in [0.4, 0.5) is 0 Å². The van der Waals surface area contributed by atoms with Gasteiger partial charge in [-0.2, -0.15) is 0 Å². The summed E-state index contributed by atoms with van der Waals surface area (Å²) >= 11 is 0. The van der Waals surface area contributed by atoms with Crippen molar-refractivity contribution in [3.63, 3.8) is 0 Å². The van der Waals surface area contributed by atoms with Gasteiger partial charge in [0.05, 0.1) is 12.1 Å². The molecule has 1 aromatic carbocycles. The van der Waals surface area contributed by atoms with Crippen LogP contribution in [0.25, 0.3) is 10.8 Å². The minimum atomic E-state index is -0.284. The quantitative estimate of drug-likeness (QED) is 0.928. The van der Waals surface area contributed by atoms with Crippen LogP contribution in [-0.4, -0.2) is 10.9 Å². The van der Waals surface area contributed by atoms with Crippen LogP contribution in [0.3, 0.4) is 0 Å². The van der Waals surface area contributed by atoms with E-state index < -0.39 is 0 Å². The number of aromatic nitrogens is 1. The van der Waals surface area contributed by atoms with E-state index in [0.29, 0.717) is 12.3 Å². The van der Waals surface area contributed by atoms with Crippen molar-refractivity contribution in [1.82, 2.24) is 4.98 Å². The van der Waals surface area contributed by atoms with E-state index in [0.717, 1.165) is 10.9 Å². The number of nitrogens with two attached hydrogens (primary N) is 1. The molecule has 2 aromatic rings. The van der Waals surface area contributed by atoms with E-state index in [2.05, 4.69) is 11.1 Å². The Morgan fingerprint density at radius 1 is 1.15 bits per heavy atom. The zero-order valence-corrected chi connectivity index (χ0v) is 11.6. The lowest BCUT2D eigenvalue weighted by Crippen LogP contribution is -2.14. The number of amides is 1. The summed E-state index contributed by atoms with van der Waals surface area (Å²) in [5.41, 5.74) is 7.55. The molecule has 1 aliphatic carbocycles. The Labute approximate surface area is 119 Å². The lowest BCUT2D eigenvalue weighted by molar-refractivity contribution is -0.117. The van der Waals surface area contributed by atoms with E-state index in [1.807, 2.05) is 24.4 Å². The Balaban J connectivity index is 2.07. The van der Waals surface area contributed by atoms with Gasteiger partial charge in [-0.3, -0.25) is 9.78 Å². The molecule has 0 radical (unpaired) electrons. The first-order valence-electron chi connectivity index (χ1n) is 7.40. The Morgan fingerprint density at radius 3 is 2.70 bits per heavy atom. The highest BCUT2D eigenvalue weighted by molar-refractivity contribution is 5.91. The van der Waals surface area contributed by atoms with E-state index in [-0.39, 0.29) is 5.91 Å². The van der Waals surface area contributed by atoms with E-state index >= 15 is 0 Å². The number of fused-ring (bicyclic) bond motifs is 1. The molecule has 0 saturated heterocycles. The third-order valence-electron chi connectivity index (χ3n) is 4.28. The SMILES string of the molecule is NC(=O)Cc1cccc2c(C3CCCCC3)nccc12. The highest BCUT2D eigenvalue weighted by Gasteiger charge is 2.19. The van der Waals surface area contributed by atoms with Gasteiger partial charge in [-0.05, 0) is 29.9 Å². The van der Waals surface area contributed by atoms with Gasteiger partial charge in [0.25, 0.3) is 0 Å². The van der Waals surface area contributed by atoms with Crippen LogP contribution >= 0.6 is 0 Å². The van der Waals surface area contributed by atoms with Crippen molar-refractivity contribution in [1.29, 1.82) is 0 Å². The van der Waals surface area contributed by atoms with E-state index in [4.69, 9.17) is 5.73 Å². The monoisotopic (exact) mass is 268 g/mol. The maximum absolute atomic E-state index is 11.2. The molecule has 1 saturated carbocycles. The standard InChI is InChI=1S/C17H20N2O/c18-16(20)11-13-7-4-8-15-14(13)9-10-19-17(15)12-5-2-1-3-6-12/h4,7-10,12H,1-3,5-6,11H2,(H2,18,20). The molecular formula is C17H20N2O. The van der Waals surface area contributed by atoms with Crippen LogP contribution in [0.15, 0.2) is 30.5 Å². The molecule has 1 fully saturated rings. The molecule has 3 nitrogen and oxygen atoms in total. The molecule has 2 N–H and O–H groups in total. The molecule has 1 aromatic heterocycles. The molecule has 1 amide bonds. The van der Waals surface area contributed by atoms with Crippen LogP contribution in [0, 0.1) is 0 Å². The second-order valence-corrected chi connectivity index (χ2v) is 5.69. The zero-order chi connectivity index (χ0) is 13.9. The number of nitrogens with zero attached hydrogens (tertiary/aromatic N) is 1. The van der Waals surface area contributed by atoms with E-state index in [1.165, 1.54) is 43.2 Å². The minimum Gasteiger partial charge on any atom is -0.369 e. The van der Waals surface area contributed by atoms with Gasteiger partial charge in [-0.25, -0.2) is 0 Å². The molecule has 1 heterocycles. The fourth-order valence-electron chi connectivity index (χ4n) is 3.34. The van der Waals surface area contributed by atoms with Crippen LogP contribution in [0.1, 0.15) is 49.3 Å². The fourth-order valence-corrected chi connectivity index (χ4v) is 3.34. The van der Waals surface area contributed by atoms with Gasteiger partial charge in [-0.1, -0.05) is 37.5 Å². The first kappa shape index (κ1) is 13.1. The predicted molar refractivity (Wildman–Crippen MR) is 80.5 cm³/mol. The molecule has 104 valence electrons. The molecule has 3 heteroatoms. The summed E-state index contributed by atoms with van der Waals surface area (Å²) in [7, 11) is 0. The molecule has 0 bridgehead atoms. The van der Waals surface area contributed by atoms with Gasteiger partial charge < -0.3 is 5.73 Å². The van der Waals surface area contributed by atoms with Crippen LogP contribution in [0.2, 0.25) is 0 Å². The van der Waals surface area contributed by atoms with Crippen molar-refractivity contribution in [2.75, 3.05) is 0 Å². The number of hydrogen-bond acceptors (Lipinski definition) is 2. The highest BCUT2D eigenvalue weighted by atomic mass is 16.1. The molecule has 0 spiro atoms. The molecule has 0 unspecified atom stereocenters. The van der Waals surface area contributed by atoms with Gasteiger partial charge in [0.15, 0.2) is 0 Å². The van der Waals surface area contributed by atoms with Crippen molar-refractivity contribution in [2.24, 2.45) is 5.73 Å². The van der Waals surface area contributed by atoms with Crippen molar-refractivity contribution >= 4 is 16.7 Å². The summed E-state index contributed by atoms with van der Waals surface area (Å²) in [5.74, 6) is 0.282. The zero-order valence-electron chi connectivity index (χ0n) is 11.6.